The van der Waals surface area contributed by atoms with Gasteiger partial charge in [-0.3, -0.25) is 9.59 Å². The van der Waals surface area contributed by atoms with Gasteiger partial charge < -0.3 is 10.2 Å². The molecule has 162 valence electrons. The van der Waals surface area contributed by atoms with E-state index in [-0.39, 0.29) is 35.4 Å². The Bertz CT molecular complexity index is 852. The highest BCUT2D eigenvalue weighted by molar-refractivity contribution is 6.31. The van der Waals surface area contributed by atoms with Gasteiger partial charge in [-0.1, -0.05) is 50.6 Å². The van der Waals surface area contributed by atoms with Gasteiger partial charge in [0.1, 0.15) is 17.7 Å². The third kappa shape index (κ3) is 6.52. The summed E-state index contributed by atoms with van der Waals surface area (Å²) in [6.45, 7) is 6.33. The van der Waals surface area contributed by atoms with E-state index < -0.39 is 23.6 Å². The van der Waals surface area contributed by atoms with E-state index in [1.165, 1.54) is 35.2 Å². The van der Waals surface area contributed by atoms with Gasteiger partial charge in [-0.05, 0) is 42.2 Å². The van der Waals surface area contributed by atoms with Gasteiger partial charge in [-0.15, -0.1) is 0 Å². The number of carbonyl (C=O) groups is 2. The highest BCUT2D eigenvalue weighted by Gasteiger charge is 2.29. The smallest absolute Gasteiger partial charge is 0.242 e. The number of benzene rings is 2. The molecule has 0 aliphatic rings. The zero-order chi connectivity index (χ0) is 22.3. The monoisotopic (exact) mass is 436 g/mol. The van der Waals surface area contributed by atoms with E-state index in [4.69, 9.17) is 11.6 Å². The highest BCUT2D eigenvalue weighted by Crippen LogP contribution is 2.22. The van der Waals surface area contributed by atoms with Crippen LogP contribution in [-0.4, -0.2) is 29.3 Å². The van der Waals surface area contributed by atoms with Gasteiger partial charge >= 0.3 is 0 Å². The molecule has 2 aromatic carbocycles. The SMILES string of the molecule is CC[C@@H](C(=O)NCC(C)C)N(Cc1ccc(F)cc1)C(=O)Cc1c(F)cccc1Cl. The molecule has 7 heteroatoms. The quantitative estimate of drug-likeness (QED) is 0.617. The first-order valence-corrected chi connectivity index (χ1v) is 10.3. The van der Waals surface area contributed by atoms with Crippen LogP contribution in [0, 0.1) is 17.6 Å². The number of amides is 2. The van der Waals surface area contributed by atoms with Gasteiger partial charge in [-0.2, -0.15) is 0 Å². The second kappa shape index (κ2) is 11.1. The minimum atomic E-state index is -0.744. The average molecular weight is 437 g/mol. The summed E-state index contributed by atoms with van der Waals surface area (Å²) < 4.78 is 27.5. The molecule has 0 radical (unpaired) electrons. The van der Waals surface area contributed by atoms with Gasteiger partial charge in [0.2, 0.25) is 11.8 Å². The first kappa shape index (κ1) is 23.8. The van der Waals surface area contributed by atoms with Crippen LogP contribution in [0.3, 0.4) is 0 Å². The summed E-state index contributed by atoms with van der Waals surface area (Å²) in [4.78, 5) is 27.4. The first-order chi connectivity index (χ1) is 14.2. The molecule has 30 heavy (non-hydrogen) atoms. The molecule has 1 N–H and O–H groups in total. The van der Waals surface area contributed by atoms with Crippen molar-refractivity contribution in [1.29, 1.82) is 0 Å². The summed E-state index contributed by atoms with van der Waals surface area (Å²) in [5.74, 6) is -1.42. The van der Waals surface area contributed by atoms with Gasteiger partial charge in [0.05, 0.1) is 6.42 Å². The van der Waals surface area contributed by atoms with Gasteiger partial charge in [0, 0.05) is 23.7 Å². The van der Waals surface area contributed by atoms with Gasteiger partial charge in [0.15, 0.2) is 0 Å². The van der Waals surface area contributed by atoms with Crippen molar-refractivity contribution in [3.8, 4) is 0 Å². The number of rotatable bonds is 9. The van der Waals surface area contributed by atoms with E-state index in [2.05, 4.69) is 5.32 Å². The molecule has 0 unspecified atom stereocenters. The predicted octanol–water partition coefficient (Wildman–Crippen LogP) is 4.74. The maximum Gasteiger partial charge on any atom is 0.242 e. The van der Waals surface area contributed by atoms with Crippen molar-refractivity contribution in [2.45, 2.75) is 46.2 Å². The molecule has 0 saturated carbocycles. The van der Waals surface area contributed by atoms with E-state index in [1.807, 2.05) is 13.8 Å². The molecule has 0 aliphatic carbocycles. The van der Waals surface area contributed by atoms with E-state index in [0.29, 0.717) is 18.5 Å². The lowest BCUT2D eigenvalue weighted by molar-refractivity contribution is -0.141. The van der Waals surface area contributed by atoms with Crippen LogP contribution < -0.4 is 5.32 Å². The molecule has 4 nitrogen and oxygen atoms in total. The minimum absolute atomic E-state index is 0.0886. The number of halogens is 3. The van der Waals surface area contributed by atoms with Gasteiger partial charge in [0.25, 0.3) is 0 Å². The number of carbonyl (C=O) groups excluding carboxylic acids is 2. The van der Waals surface area contributed by atoms with Crippen molar-refractivity contribution < 1.29 is 18.4 Å². The number of hydrogen-bond acceptors (Lipinski definition) is 2. The van der Waals surface area contributed by atoms with E-state index in [1.54, 1.807) is 19.1 Å². The summed E-state index contributed by atoms with van der Waals surface area (Å²) in [7, 11) is 0. The molecule has 0 spiro atoms. The van der Waals surface area contributed by atoms with E-state index >= 15 is 0 Å². The molecule has 2 rings (SSSR count). The lowest BCUT2D eigenvalue weighted by atomic mass is 10.1. The normalized spacial score (nSPS) is 12.0. The Morgan fingerprint density at radius 3 is 2.33 bits per heavy atom. The average Bonchev–Trinajstić information content (AvgIpc) is 2.70. The number of nitrogens with zero attached hydrogens (tertiary/aromatic N) is 1. The van der Waals surface area contributed by atoms with Crippen LogP contribution in [0.1, 0.15) is 38.3 Å². The van der Waals surface area contributed by atoms with Crippen molar-refractivity contribution in [2.24, 2.45) is 5.92 Å². The molecule has 0 bridgehead atoms. The second-order valence-corrected chi connectivity index (χ2v) is 8.00. The fraction of sp³-hybridized carbons (Fsp3) is 0.391. The lowest BCUT2D eigenvalue weighted by Crippen LogP contribution is -2.50. The number of hydrogen-bond donors (Lipinski definition) is 1. The van der Waals surface area contributed by atoms with Crippen LogP contribution >= 0.6 is 11.6 Å². The summed E-state index contributed by atoms with van der Waals surface area (Å²) in [5, 5.41) is 3.01. The van der Waals surface area contributed by atoms with Crippen LogP contribution in [0.5, 0.6) is 0 Å². The number of nitrogens with one attached hydrogen (secondary N) is 1. The standard InChI is InChI=1S/C23H27ClF2N2O2/c1-4-21(23(30)27-13-15(2)3)28(14-16-8-10-17(25)11-9-16)22(29)12-18-19(24)6-5-7-20(18)26/h5-11,15,21H,4,12-14H2,1-3H3,(H,27,30)/t21-/m0/s1. The summed E-state index contributed by atoms with van der Waals surface area (Å²) in [6, 6.07) is 9.20. The lowest BCUT2D eigenvalue weighted by Gasteiger charge is -2.31. The Kier molecular flexibility index (Phi) is 8.78. The summed E-state index contributed by atoms with van der Waals surface area (Å²) >= 11 is 6.08. The summed E-state index contributed by atoms with van der Waals surface area (Å²) in [6.07, 6.45) is 0.0997. The molecular formula is C23H27ClF2N2O2. The van der Waals surface area contributed by atoms with Crippen molar-refractivity contribution in [3.63, 3.8) is 0 Å². The predicted molar refractivity (Wildman–Crippen MR) is 114 cm³/mol. The minimum Gasteiger partial charge on any atom is -0.354 e. The van der Waals surface area contributed by atoms with Crippen molar-refractivity contribution in [3.05, 3.63) is 70.2 Å². The topological polar surface area (TPSA) is 49.4 Å². The third-order valence-corrected chi connectivity index (χ3v) is 5.08. The first-order valence-electron chi connectivity index (χ1n) is 9.97. The van der Waals surface area contributed by atoms with E-state index in [9.17, 15) is 18.4 Å². The molecule has 1 atom stereocenters. The Balaban J connectivity index is 2.32. The van der Waals surface area contributed by atoms with Crippen molar-refractivity contribution in [1.82, 2.24) is 10.2 Å². The molecule has 2 aromatic rings. The van der Waals surface area contributed by atoms with Crippen molar-refractivity contribution >= 4 is 23.4 Å². The Hall–Kier alpha value is -2.47. The highest BCUT2D eigenvalue weighted by atomic mass is 35.5. The maximum absolute atomic E-state index is 14.2. The third-order valence-electron chi connectivity index (χ3n) is 4.73. The molecule has 0 fully saturated rings. The molecule has 0 aromatic heterocycles. The zero-order valence-corrected chi connectivity index (χ0v) is 18.2. The van der Waals surface area contributed by atoms with Crippen LogP contribution in [0.4, 0.5) is 8.78 Å². The van der Waals surface area contributed by atoms with Crippen LogP contribution in [-0.2, 0) is 22.6 Å². The Morgan fingerprint density at radius 1 is 1.10 bits per heavy atom. The molecule has 0 heterocycles. The van der Waals surface area contributed by atoms with E-state index in [0.717, 1.165) is 0 Å². The Labute approximate surface area is 181 Å². The fourth-order valence-corrected chi connectivity index (χ4v) is 3.31. The Morgan fingerprint density at radius 2 is 1.77 bits per heavy atom. The van der Waals surface area contributed by atoms with Crippen LogP contribution in [0.25, 0.3) is 0 Å². The van der Waals surface area contributed by atoms with Gasteiger partial charge in [-0.25, -0.2) is 8.78 Å². The van der Waals surface area contributed by atoms with Crippen LogP contribution in [0.15, 0.2) is 42.5 Å². The molecular weight excluding hydrogens is 410 g/mol. The maximum atomic E-state index is 14.2. The molecule has 2 amide bonds. The largest absolute Gasteiger partial charge is 0.354 e. The van der Waals surface area contributed by atoms with Crippen LogP contribution in [0.2, 0.25) is 5.02 Å². The second-order valence-electron chi connectivity index (χ2n) is 7.59. The fourth-order valence-electron chi connectivity index (χ4n) is 3.08. The van der Waals surface area contributed by atoms with Crippen molar-refractivity contribution in [2.75, 3.05) is 6.54 Å². The molecule has 0 aliphatic heterocycles. The summed E-state index contributed by atoms with van der Waals surface area (Å²) in [5.41, 5.74) is 0.755. The zero-order valence-electron chi connectivity index (χ0n) is 17.4. The molecule has 0 saturated heterocycles.